The molecule has 0 rings (SSSR count). The first-order valence-corrected chi connectivity index (χ1v) is 7.56. The summed E-state index contributed by atoms with van der Waals surface area (Å²) in [5.74, 6) is 1.89. The molecule has 4 nitrogen and oxygen atoms in total. The third-order valence-corrected chi connectivity index (χ3v) is 2.96. The molecular formula is C17H27NO3. The van der Waals surface area contributed by atoms with Crippen molar-refractivity contribution in [1.82, 2.24) is 4.90 Å². The standard InChI is InChI=1S/C17H27NO3/c1-4-7-8-9-15-21-17(20)16(5-2)11-10-12-18(6-3)13-14-19/h2,10-12,19H,4,6-9,13-15H2,1,3H3/b12-10+,16-11+. The van der Waals surface area contributed by atoms with Crippen molar-refractivity contribution < 1.29 is 14.6 Å². The van der Waals surface area contributed by atoms with E-state index in [1.165, 1.54) is 0 Å². The van der Waals surface area contributed by atoms with Crippen molar-refractivity contribution in [2.24, 2.45) is 0 Å². The van der Waals surface area contributed by atoms with Gasteiger partial charge in [0.1, 0.15) is 5.57 Å². The lowest BCUT2D eigenvalue weighted by molar-refractivity contribution is -0.138. The fourth-order valence-corrected chi connectivity index (χ4v) is 1.67. The molecule has 0 fully saturated rings. The molecule has 0 aromatic rings. The van der Waals surface area contributed by atoms with Crippen LogP contribution in [0.3, 0.4) is 0 Å². The van der Waals surface area contributed by atoms with Crippen LogP contribution in [0.4, 0.5) is 0 Å². The number of unbranched alkanes of at least 4 members (excludes halogenated alkanes) is 3. The van der Waals surface area contributed by atoms with Crippen LogP contribution in [0.15, 0.2) is 23.9 Å². The zero-order chi connectivity index (χ0) is 15.9. The van der Waals surface area contributed by atoms with Gasteiger partial charge >= 0.3 is 5.97 Å². The van der Waals surface area contributed by atoms with Crippen LogP contribution in [-0.2, 0) is 9.53 Å². The molecule has 21 heavy (non-hydrogen) atoms. The summed E-state index contributed by atoms with van der Waals surface area (Å²) in [5, 5.41) is 8.87. The van der Waals surface area contributed by atoms with Crippen molar-refractivity contribution in [2.45, 2.75) is 39.5 Å². The number of aliphatic hydroxyl groups excluding tert-OH is 1. The molecule has 0 bridgehead atoms. The molecule has 0 radical (unpaired) electrons. The number of carbonyl (C=O) groups excluding carboxylic acids is 1. The first-order valence-electron chi connectivity index (χ1n) is 7.56. The number of carbonyl (C=O) groups is 1. The van der Waals surface area contributed by atoms with Gasteiger partial charge in [0.05, 0.1) is 13.2 Å². The molecule has 1 N–H and O–H groups in total. The minimum atomic E-state index is -0.455. The maximum Gasteiger partial charge on any atom is 0.346 e. The van der Waals surface area contributed by atoms with E-state index in [9.17, 15) is 4.79 Å². The van der Waals surface area contributed by atoms with Crippen LogP contribution in [-0.4, -0.2) is 42.3 Å². The van der Waals surface area contributed by atoms with Crippen molar-refractivity contribution in [3.05, 3.63) is 23.9 Å². The number of hydrogen-bond donors (Lipinski definition) is 1. The average molecular weight is 293 g/mol. The lowest BCUT2D eigenvalue weighted by Gasteiger charge is -2.15. The van der Waals surface area contributed by atoms with Crippen LogP contribution in [0, 0.1) is 12.3 Å². The van der Waals surface area contributed by atoms with Crippen LogP contribution in [0.1, 0.15) is 39.5 Å². The predicted octanol–water partition coefficient (Wildman–Crippen LogP) is 2.50. The summed E-state index contributed by atoms with van der Waals surface area (Å²) < 4.78 is 5.14. The van der Waals surface area contributed by atoms with Crippen molar-refractivity contribution >= 4 is 5.97 Å². The lowest BCUT2D eigenvalue weighted by atomic mass is 10.2. The van der Waals surface area contributed by atoms with Gasteiger partial charge in [-0.15, -0.1) is 6.42 Å². The van der Waals surface area contributed by atoms with Crippen molar-refractivity contribution in [1.29, 1.82) is 0 Å². The molecule has 0 aliphatic rings. The zero-order valence-corrected chi connectivity index (χ0v) is 13.2. The quantitative estimate of drug-likeness (QED) is 0.209. The van der Waals surface area contributed by atoms with Gasteiger partial charge in [0.2, 0.25) is 0 Å². The maximum atomic E-state index is 11.8. The summed E-state index contributed by atoms with van der Waals surface area (Å²) in [7, 11) is 0. The number of aliphatic hydroxyl groups is 1. The smallest absolute Gasteiger partial charge is 0.346 e. The Bertz CT molecular complexity index is 380. The second-order valence-electron chi connectivity index (χ2n) is 4.61. The highest BCUT2D eigenvalue weighted by Crippen LogP contribution is 2.02. The summed E-state index contributed by atoms with van der Waals surface area (Å²) >= 11 is 0. The largest absolute Gasteiger partial charge is 0.462 e. The third kappa shape index (κ3) is 9.75. The Morgan fingerprint density at radius 1 is 1.33 bits per heavy atom. The minimum Gasteiger partial charge on any atom is -0.462 e. The van der Waals surface area contributed by atoms with Gasteiger partial charge in [0.25, 0.3) is 0 Å². The molecule has 0 aliphatic heterocycles. The highest BCUT2D eigenvalue weighted by atomic mass is 16.5. The predicted molar refractivity (Wildman–Crippen MR) is 85.5 cm³/mol. The van der Waals surface area contributed by atoms with E-state index in [2.05, 4.69) is 12.8 Å². The fraction of sp³-hybridized carbons (Fsp3) is 0.588. The molecule has 0 spiro atoms. The molecule has 0 saturated carbocycles. The summed E-state index contributed by atoms with van der Waals surface area (Å²) in [6.45, 7) is 5.94. The van der Waals surface area contributed by atoms with Gasteiger partial charge in [-0.3, -0.25) is 0 Å². The SMILES string of the molecule is C#C/C(=C\C=C\N(CC)CCO)C(=O)OCCCCCC. The van der Waals surface area contributed by atoms with E-state index in [-0.39, 0.29) is 12.2 Å². The highest BCUT2D eigenvalue weighted by molar-refractivity contribution is 5.93. The van der Waals surface area contributed by atoms with E-state index in [1.807, 2.05) is 11.8 Å². The number of allylic oxidation sites excluding steroid dienone is 2. The van der Waals surface area contributed by atoms with Crippen molar-refractivity contribution in [3.63, 3.8) is 0 Å². The topological polar surface area (TPSA) is 49.8 Å². The van der Waals surface area contributed by atoms with E-state index in [0.29, 0.717) is 13.2 Å². The molecule has 118 valence electrons. The van der Waals surface area contributed by atoms with Crippen LogP contribution in [0.2, 0.25) is 0 Å². The van der Waals surface area contributed by atoms with E-state index in [0.717, 1.165) is 32.2 Å². The molecule has 0 aromatic carbocycles. The summed E-state index contributed by atoms with van der Waals surface area (Å²) in [5.41, 5.74) is 0.210. The van der Waals surface area contributed by atoms with E-state index in [4.69, 9.17) is 16.3 Å². The van der Waals surface area contributed by atoms with E-state index >= 15 is 0 Å². The minimum absolute atomic E-state index is 0.0870. The second kappa shape index (κ2) is 13.3. The molecule has 0 amide bonds. The van der Waals surface area contributed by atoms with Gasteiger partial charge in [0.15, 0.2) is 0 Å². The zero-order valence-electron chi connectivity index (χ0n) is 13.2. The Morgan fingerprint density at radius 2 is 2.10 bits per heavy atom. The second-order valence-corrected chi connectivity index (χ2v) is 4.61. The molecule has 0 unspecified atom stereocenters. The fourth-order valence-electron chi connectivity index (χ4n) is 1.67. The third-order valence-electron chi connectivity index (χ3n) is 2.96. The monoisotopic (exact) mass is 293 g/mol. The first-order chi connectivity index (χ1) is 10.2. The number of nitrogens with zero attached hydrogens (tertiary/aromatic N) is 1. The highest BCUT2D eigenvalue weighted by Gasteiger charge is 2.06. The maximum absolute atomic E-state index is 11.8. The van der Waals surface area contributed by atoms with Crippen LogP contribution in [0.5, 0.6) is 0 Å². The summed E-state index contributed by atoms with van der Waals surface area (Å²) in [6, 6.07) is 0. The first kappa shape index (κ1) is 19.3. The molecule has 0 heterocycles. The lowest BCUT2D eigenvalue weighted by Crippen LogP contribution is -2.20. The number of hydrogen-bond acceptors (Lipinski definition) is 4. The van der Waals surface area contributed by atoms with Gasteiger partial charge in [0, 0.05) is 13.1 Å². The Hall–Kier alpha value is -1.73. The molecule has 0 atom stereocenters. The number of rotatable bonds is 11. The Balaban J connectivity index is 4.28. The number of esters is 1. The molecule has 0 aromatic heterocycles. The van der Waals surface area contributed by atoms with Crippen molar-refractivity contribution in [3.8, 4) is 12.3 Å². The number of terminal acetylenes is 1. The van der Waals surface area contributed by atoms with Gasteiger partial charge in [-0.1, -0.05) is 32.1 Å². The van der Waals surface area contributed by atoms with Gasteiger partial charge in [-0.25, -0.2) is 4.79 Å². The van der Waals surface area contributed by atoms with Crippen LogP contribution < -0.4 is 0 Å². The van der Waals surface area contributed by atoms with Gasteiger partial charge in [-0.05, 0) is 31.7 Å². The van der Waals surface area contributed by atoms with E-state index < -0.39 is 5.97 Å². The molecule has 0 aliphatic carbocycles. The van der Waals surface area contributed by atoms with Crippen molar-refractivity contribution in [2.75, 3.05) is 26.3 Å². The van der Waals surface area contributed by atoms with Crippen LogP contribution in [0.25, 0.3) is 0 Å². The molecule has 0 saturated heterocycles. The van der Waals surface area contributed by atoms with Gasteiger partial charge < -0.3 is 14.7 Å². The summed E-state index contributed by atoms with van der Waals surface area (Å²) in [6.07, 6.45) is 14.6. The normalized spacial score (nSPS) is 11.4. The van der Waals surface area contributed by atoms with E-state index in [1.54, 1.807) is 18.4 Å². The summed E-state index contributed by atoms with van der Waals surface area (Å²) in [4.78, 5) is 13.7. The van der Waals surface area contributed by atoms with Gasteiger partial charge in [-0.2, -0.15) is 0 Å². The van der Waals surface area contributed by atoms with Crippen LogP contribution >= 0.6 is 0 Å². The number of likely N-dealkylation sites (N-methyl/N-ethyl adjacent to an activating group) is 1. The average Bonchev–Trinajstić information content (AvgIpc) is 2.50. The Kier molecular flexibility index (Phi) is 12.2. The Labute approximate surface area is 128 Å². The number of ether oxygens (including phenoxy) is 1. The molecule has 4 heteroatoms. The molecular weight excluding hydrogens is 266 g/mol. The Morgan fingerprint density at radius 3 is 2.67 bits per heavy atom.